The zero-order chi connectivity index (χ0) is 22.9. The van der Waals surface area contributed by atoms with E-state index in [1.165, 1.54) is 13.3 Å². The largest absolute Gasteiger partial charge is 0.495 e. The molecule has 2 amide bonds. The summed E-state index contributed by atoms with van der Waals surface area (Å²) < 4.78 is 10.8. The van der Waals surface area contributed by atoms with Crippen LogP contribution in [0.3, 0.4) is 0 Å². The Bertz CT molecular complexity index is 1150. The molecule has 0 aliphatic heterocycles. The monoisotopic (exact) mass is 471 g/mol. The Hall–Kier alpha value is -3.55. The predicted octanol–water partition coefficient (Wildman–Crippen LogP) is 4.67. The van der Waals surface area contributed by atoms with Gasteiger partial charge in [-0.2, -0.15) is 5.10 Å². The third-order valence-corrected chi connectivity index (χ3v) is 4.90. The number of rotatable bonds is 7. The lowest BCUT2D eigenvalue weighted by atomic mass is 10.2. The molecule has 0 unspecified atom stereocenters. The number of amides is 2. The van der Waals surface area contributed by atoms with Crippen molar-refractivity contribution in [2.75, 3.05) is 12.4 Å². The molecule has 0 spiro atoms. The van der Waals surface area contributed by atoms with Crippen LogP contribution in [0.1, 0.15) is 11.1 Å². The number of methoxy groups -OCH3 is 1. The molecule has 3 aromatic carbocycles. The third-order valence-electron chi connectivity index (χ3n) is 4.24. The molecule has 0 radical (unpaired) electrons. The van der Waals surface area contributed by atoms with Gasteiger partial charge in [-0.15, -0.1) is 0 Å². The maximum atomic E-state index is 12.0. The molecular weight excluding hydrogens is 453 g/mol. The van der Waals surface area contributed by atoms with Gasteiger partial charge >= 0.3 is 11.8 Å². The number of ether oxygens (including phenoxy) is 2. The molecule has 0 saturated heterocycles. The van der Waals surface area contributed by atoms with Crippen molar-refractivity contribution in [2.24, 2.45) is 5.10 Å². The van der Waals surface area contributed by atoms with Gasteiger partial charge in [0.1, 0.15) is 18.1 Å². The lowest BCUT2D eigenvalue weighted by Gasteiger charge is -2.10. The maximum Gasteiger partial charge on any atom is 0.329 e. The summed E-state index contributed by atoms with van der Waals surface area (Å²) in [4.78, 5) is 24.0. The van der Waals surface area contributed by atoms with Crippen molar-refractivity contribution in [3.63, 3.8) is 0 Å². The lowest BCUT2D eigenvalue weighted by molar-refractivity contribution is -0.136. The molecule has 0 aromatic heterocycles. The number of carbonyl (C=O) groups excluding carboxylic acids is 2. The highest BCUT2D eigenvalue weighted by atomic mass is 35.5. The quantitative estimate of drug-likeness (QED) is 0.297. The van der Waals surface area contributed by atoms with Crippen LogP contribution in [0, 0.1) is 0 Å². The van der Waals surface area contributed by atoms with Crippen LogP contribution in [0.25, 0.3) is 0 Å². The van der Waals surface area contributed by atoms with E-state index in [9.17, 15) is 9.59 Å². The first-order valence-electron chi connectivity index (χ1n) is 9.41. The van der Waals surface area contributed by atoms with Gasteiger partial charge in [-0.05, 0) is 42.0 Å². The summed E-state index contributed by atoms with van der Waals surface area (Å²) in [7, 11) is 1.47. The number of nitrogens with one attached hydrogen (secondary N) is 2. The van der Waals surface area contributed by atoms with E-state index in [1.807, 2.05) is 18.2 Å². The Balaban J connectivity index is 1.54. The Morgan fingerprint density at radius 3 is 2.44 bits per heavy atom. The molecule has 0 aliphatic carbocycles. The second-order valence-electron chi connectivity index (χ2n) is 6.42. The molecule has 3 aromatic rings. The summed E-state index contributed by atoms with van der Waals surface area (Å²) in [6.45, 7) is 0.268. The minimum Gasteiger partial charge on any atom is -0.495 e. The van der Waals surface area contributed by atoms with Crippen LogP contribution in [0.5, 0.6) is 11.5 Å². The van der Waals surface area contributed by atoms with Gasteiger partial charge in [0.2, 0.25) is 0 Å². The molecule has 32 heavy (non-hydrogen) atoms. The molecule has 0 aliphatic rings. The smallest absolute Gasteiger partial charge is 0.329 e. The van der Waals surface area contributed by atoms with Crippen LogP contribution in [0.2, 0.25) is 10.0 Å². The summed E-state index contributed by atoms with van der Waals surface area (Å²) in [5.41, 5.74) is 3.98. The van der Waals surface area contributed by atoms with Gasteiger partial charge in [-0.25, -0.2) is 5.43 Å². The molecule has 0 atom stereocenters. The number of halogens is 2. The van der Waals surface area contributed by atoms with Gasteiger partial charge in [0.05, 0.1) is 24.0 Å². The highest BCUT2D eigenvalue weighted by Gasteiger charge is 2.15. The predicted molar refractivity (Wildman–Crippen MR) is 125 cm³/mol. The maximum absolute atomic E-state index is 12.0. The Kier molecular flexibility index (Phi) is 8.08. The summed E-state index contributed by atoms with van der Waals surface area (Å²) in [6, 6.07) is 19.1. The number of para-hydroxylation sites is 2. The number of nitrogens with zero attached hydrogens (tertiary/aromatic N) is 1. The van der Waals surface area contributed by atoms with Crippen molar-refractivity contribution in [1.29, 1.82) is 0 Å². The summed E-state index contributed by atoms with van der Waals surface area (Å²) in [6.07, 6.45) is 1.36. The summed E-state index contributed by atoms with van der Waals surface area (Å²) in [5.74, 6) is -0.904. The standard InChI is InChI=1S/C23H19Cl2N3O4/c1-31-21-9-5-4-8-19(21)27-22(29)23(30)28-26-13-15-10-11-20(18(25)12-15)32-14-16-6-2-3-7-17(16)24/h2-13H,14H2,1H3,(H,27,29)(H,28,30)/b26-13-. The SMILES string of the molecule is COc1ccccc1NC(=O)C(=O)N/N=C\c1ccc(OCc2ccccc2Cl)c(Cl)c1. The van der Waals surface area contributed by atoms with Gasteiger partial charge < -0.3 is 14.8 Å². The molecule has 0 saturated carbocycles. The van der Waals surface area contributed by atoms with Gasteiger partial charge in [0.25, 0.3) is 0 Å². The van der Waals surface area contributed by atoms with E-state index in [0.29, 0.717) is 32.8 Å². The van der Waals surface area contributed by atoms with Crippen molar-refractivity contribution in [3.05, 3.63) is 87.9 Å². The van der Waals surface area contributed by atoms with Crippen LogP contribution < -0.4 is 20.2 Å². The van der Waals surface area contributed by atoms with Crippen molar-refractivity contribution < 1.29 is 19.1 Å². The third kappa shape index (κ3) is 6.23. The number of hydrazone groups is 1. The van der Waals surface area contributed by atoms with Gasteiger partial charge in [-0.3, -0.25) is 9.59 Å². The number of carbonyl (C=O) groups is 2. The van der Waals surface area contributed by atoms with E-state index in [2.05, 4.69) is 15.8 Å². The van der Waals surface area contributed by atoms with E-state index in [-0.39, 0.29) is 6.61 Å². The van der Waals surface area contributed by atoms with Crippen LogP contribution in [0.4, 0.5) is 5.69 Å². The van der Waals surface area contributed by atoms with Crippen molar-refractivity contribution in [1.82, 2.24) is 5.43 Å². The highest BCUT2D eigenvalue weighted by Crippen LogP contribution is 2.27. The van der Waals surface area contributed by atoms with E-state index in [0.717, 1.165) is 5.56 Å². The fourth-order valence-electron chi connectivity index (χ4n) is 2.63. The van der Waals surface area contributed by atoms with Crippen molar-refractivity contribution >= 4 is 46.9 Å². The fraction of sp³-hybridized carbons (Fsp3) is 0.0870. The number of anilines is 1. The van der Waals surface area contributed by atoms with Crippen molar-refractivity contribution in [2.45, 2.75) is 6.61 Å². The molecular formula is C23H19Cl2N3O4. The second kappa shape index (κ2) is 11.2. The van der Waals surface area contributed by atoms with Crippen molar-refractivity contribution in [3.8, 4) is 11.5 Å². The van der Waals surface area contributed by atoms with Crippen LogP contribution >= 0.6 is 23.2 Å². The normalized spacial score (nSPS) is 10.6. The molecule has 0 bridgehead atoms. The average molecular weight is 472 g/mol. The molecule has 0 heterocycles. The lowest BCUT2D eigenvalue weighted by Crippen LogP contribution is -2.32. The first-order valence-corrected chi connectivity index (χ1v) is 10.2. The minimum atomic E-state index is -0.932. The van der Waals surface area contributed by atoms with Crippen LogP contribution in [0.15, 0.2) is 71.8 Å². The number of hydrogen-bond donors (Lipinski definition) is 2. The Morgan fingerprint density at radius 1 is 0.938 bits per heavy atom. The van der Waals surface area contributed by atoms with E-state index in [1.54, 1.807) is 48.5 Å². The average Bonchev–Trinajstić information content (AvgIpc) is 2.79. The first-order chi connectivity index (χ1) is 15.5. The van der Waals surface area contributed by atoms with E-state index in [4.69, 9.17) is 32.7 Å². The van der Waals surface area contributed by atoms with E-state index >= 15 is 0 Å². The number of benzene rings is 3. The molecule has 164 valence electrons. The Morgan fingerprint density at radius 2 is 1.69 bits per heavy atom. The van der Waals surface area contributed by atoms with Crippen LogP contribution in [-0.4, -0.2) is 25.1 Å². The fourth-order valence-corrected chi connectivity index (χ4v) is 3.06. The van der Waals surface area contributed by atoms with E-state index < -0.39 is 11.8 Å². The topological polar surface area (TPSA) is 89.0 Å². The zero-order valence-electron chi connectivity index (χ0n) is 17.0. The Labute approximate surface area is 194 Å². The highest BCUT2D eigenvalue weighted by molar-refractivity contribution is 6.39. The summed E-state index contributed by atoms with van der Waals surface area (Å²) >= 11 is 12.4. The molecule has 9 heteroatoms. The van der Waals surface area contributed by atoms with Crippen LogP contribution in [-0.2, 0) is 16.2 Å². The molecule has 7 nitrogen and oxygen atoms in total. The van der Waals surface area contributed by atoms with Gasteiger partial charge in [0.15, 0.2) is 0 Å². The molecule has 0 fully saturated rings. The zero-order valence-corrected chi connectivity index (χ0v) is 18.5. The van der Waals surface area contributed by atoms with Gasteiger partial charge in [0, 0.05) is 10.6 Å². The molecule has 2 N–H and O–H groups in total. The number of hydrogen-bond acceptors (Lipinski definition) is 5. The van der Waals surface area contributed by atoms with Gasteiger partial charge in [-0.1, -0.05) is 53.5 Å². The molecule has 3 rings (SSSR count). The first kappa shape index (κ1) is 23.1. The minimum absolute atomic E-state index is 0.268. The summed E-state index contributed by atoms with van der Waals surface area (Å²) in [5, 5.41) is 7.22. The second-order valence-corrected chi connectivity index (χ2v) is 7.24.